The number of nitrogens with zero attached hydrogens (tertiary/aromatic N) is 2. The molecule has 0 fully saturated rings. The van der Waals surface area contributed by atoms with Crippen molar-refractivity contribution in [2.75, 3.05) is 0 Å². The van der Waals surface area contributed by atoms with Gasteiger partial charge in [0.05, 0.1) is 12.8 Å². The second kappa shape index (κ2) is 5.39. The van der Waals surface area contributed by atoms with Gasteiger partial charge in [-0.25, -0.2) is 6.57 Å². The molecule has 0 heterocycles. The van der Waals surface area contributed by atoms with Crippen LogP contribution < -0.4 is 12.4 Å². The fourth-order valence-electron chi connectivity index (χ4n) is 1.58. The first-order valence-electron chi connectivity index (χ1n) is 4.48. The van der Waals surface area contributed by atoms with Crippen molar-refractivity contribution < 1.29 is 12.4 Å². The Labute approximate surface area is 96.8 Å². The maximum atomic E-state index is 9.02. The molecule has 1 aliphatic carbocycles. The average molecular weight is 220 g/mol. The molecule has 0 bridgehead atoms. The summed E-state index contributed by atoms with van der Waals surface area (Å²) in [6.07, 6.45) is 6.70. The zero-order chi connectivity index (χ0) is 10.6. The molecule has 0 aliphatic heterocycles. The zero-order valence-electron chi connectivity index (χ0n) is 8.63. The van der Waals surface area contributed by atoms with Crippen molar-refractivity contribution in [2.45, 2.75) is 25.3 Å². The molecule has 0 spiro atoms. The van der Waals surface area contributed by atoms with Gasteiger partial charge in [-0.2, -0.15) is 5.26 Å². The molecule has 1 atom stereocenters. The predicted molar refractivity (Wildman–Crippen MR) is 56.2 cm³/mol. The lowest BCUT2D eigenvalue weighted by Crippen LogP contribution is -3.00. The Bertz CT molecular complexity index is 377. The molecule has 0 saturated carbocycles. The largest absolute Gasteiger partial charge is 1.00 e. The molecule has 0 aromatic carbocycles. The topological polar surface area (TPSA) is 28.1 Å². The Morgan fingerprint density at radius 1 is 1.67 bits per heavy atom. The van der Waals surface area contributed by atoms with Gasteiger partial charge in [0.25, 0.3) is 0 Å². The molecule has 1 rings (SSSR count). The first-order valence-corrected chi connectivity index (χ1v) is 4.48. The summed E-state index contributed by atoms with van der Waals surface area (Å²) in [4.78, 5) is 3.45. The molecule has 1 aliphatic rings. The monoisotopic (exact) mass is 219 g/mol. The molecule has 0 amide bonds. The zero-order valence-corrected chi connectivity index (χ0v) is 9.38. The highest BCUT2D eigenvalue weighted by molar-refractivity contribution is 5.41. The van der Waals surface area contributed by atoms with E-state index < -0.39 is 5.54 Å². The summed E-state index contributed by atoms with van der Waals surface area (Å²) < 4.78 is 0. The van der Waals surface area contributed by atoms with Crippen LogP contribution >= 0.6 is 0 Å². The maximum absolute atomic E-state index is 9.02. The van der Waals surface area contributed by atoms with E-state index in [4.69, 9.17) is 11.8 Å². The molecule has 2 nitrogen and oxygen atoms in total. The SMILES string of the molecule is [C-]#[N+]C1(C#N)CC(C=C)=C/C(=C/C)C1.[Cl-]. The quantitative estimate of drug-likeness (QED) is 0.572. The van der Waals surface area contributed by atoms with Crippen molar-refractivity contribution in [1.29, 1.82) is 5.26 Å². The van der Waals surface area contributed by atoms with Gasteiger partial charge < -0.3 is 12.4 Å². The third-order valence-electron chi connectivity index (χ3n) is 2.42. The molecular weight excluding hydrogens is 208 g/mol. The van der Waals surface area contributed by atoms with E-state index in [1.807, 2.05) is 19.1 Å². The number of rotatable bonds is 1. The van der Waals surface area contributed by atoms with Crippen LogP contribution in [0.5, 0.6) is 0 Å². The number of allylic oxidation sites excluding steroid dienone is 3. The standard InChI is InChI=1S/C12H12N2.ClH/c1-4-10-6-11(5-2)8-12(7-10,9-13)14-3;/h4-6H,1,7-8H2,2H3;1H/p-1/b11-5-;. The number of halogens is 1. The summed E-state index contributed by atoms with van der Waals surface area (Å²) in [5.74, 6) is 0. The first-order chi connectivity index (χ1) is 6.69. The molecule has 0 N–H and O–H groups in total. The van der Waals surface area contributed by atoms with Gasteiger partial charge in [0.1, 0.15) is 0 Å². The van der Waals surface area contributed by atoms with Crippen LogP contribution in [0.2, 0.25) is 0 Å². The summed E-state index contributed by atoms with van der Waals surface area (Å²) in [5, 5.41) is 9.02. The summed E-state index contributed by atoms with van der Waals surface area (Å²) in [7, 11) is 0. The highest BCUT2D eigenvalue weighted by atomic mass is 35.5. The molecule has 0 aromatic rings. The van der Waals surface area contributed by atoms with Crippen molar-refractivity contribution in [2.24, 2.45) is 0 Å². The second-order valence-electron chi connectivity index (χ2n) is 3.40. The highest BCUT2D eigenvalue weighted by Gasteiger charge is 2.40. The Morgan fingerprint density at radius 2 is 2.33 bits per heavy atom. The smallest absolute Gasteiger partial charge is 0.323 e. The van der Waals surface area contributed by atoms with E-state index in [1.165, 1.54) is 0 Å². The molecule has 1 unspecified atom stereocenters. The molecule has 78 valence electrons. The molecule has 0 saturated heterocycles. The summed E-state index contributed by atoms with van der Waals surface area (Å²) in [5.41, 5.74) is 1.12. The molecule has 0 radical (unpaired) electrons. The van der Waals surface area contributed by atoms with Gasteiger partial charge in [-0.05, 0) is 18.1 Å². The van der Waals surface area contributed by atoms with Gasteiger partial charge in [0.15, 0.2) is 6.07 Å². The van der Waals surface area contributed by atoms with Crippen LogP contribution in [-0.2, 0) is 0 Å². The Kier molecular flexibility index (Phi) is 4.85. The molecular formula is C12H12ClN2-. The van der Waals surface area contributed by atoms with Gasteiger partial charge in [-0.3, -0.25) is 4.85 Å². The van der Waals surface area contributed by atoms with Crippen molar-refractivity contribution >= 4 is 0 Å². The van der Waals surface area contributed by atoms with Gasteiger partial charge >= 0.3 is 5.54 Å². The van der Waals surface area contributed by atoms with Crippen LogP contribution in [0.15, 0.2) is 36.0 Å². The van der Waals surface area contributed by atoms with Crippen LogP contribution in [0.1, 0.15) is 19.8 Å². The lowest BCUT2D eigenvalue weighted by Gasteiger charge is -2.20. The van der Waals surface area contributed by atoms with Gasteiger partial charge in [-0.15, -0.1) is 0 Å². The average Bonchev–Trinajstić information content (AvgIpc) is 2.28. The fraction of sp³-hybridized carbons (Fsp3) is 0.333. The highest BCUT2D eigenvalue weighted by Crippen LogP contribution is 2.34. The van der Waals surface area contributed by atoms with E-state index in [9.17, 15) is 0 Å². The van der Waals surface area contributed by atoms with Crippen LogP contribution in [0.4, 0.5) is 0 Å². The minimum absolute atomic E-state index is 0. The summed E-state index contributed by atoms with van der Waals surface area (Å²) in [6, 6.07) is 2.11. The van der Waals surface area contributed by atoms with Gasteiger partial charge in [0.2, 0.25) is 0 Å². The van der Waals surface area contributed by atoms with Crippen LogP contribution in [0, 0.1) is 17.9 Å². The second-order valence-corrected chi connectivity index (χ2v) is 3.40. The number of hydrogen-bond donors (Lipinski definition) is 0. The van der Waals surface area contributed by atoms with Crippen LogP contribution in [-0.4, -0.2) is 5.54 Å². The third-order valence-corrected chi connectivity index (χ3v) is 2.42. The Hall–Kier alpha value is -1.51. The summed E-state index contributed by atoms with van der Waals surface area (Å²) >= 11 is 0. The van der Waals surface area contributed by atoms with Gasteiger partial charge in [-0.1, -0.05) is 24.8 Å². The normalized spacial score (nSPS) is 26.9. The molecule has 3 heteroatoms. The van der Waals surface area contributed by atoms with Crippen molar-refractivity contribution in [1.82, 2.24) is 0 Å². The molecule has 0 aromatic heterocycles. The Morgan fingerprint density at radius 3 is 2.73 bits per heavy atom. The van der Waals surface area contributed by atoms with E-state index in [1.54, 1.807) is 6.08 Å². The number of nitriles is 1. The minimum Gasteiger partial charge on any atom is -1.00 e. The van der Waals surface area contributed by atoms with E-state index in [-0.39, 0.29) is 12.4 Å². The minimum atomic E-state index is -0.903. The van der Waals surface area contributed by atoms with E-state index >= 15 is 0 Å². The van der Waals surface area contributed by atoms with Crippen LogP contribution in [0.25, 0.3) is 4.85 Å². The lowest BCUT2D eigenvalue weighted by molar-refractivity contribution is -0.00000333. The summed E-state index contributed by atoms with van der Waals surface area (Å²) in [6.45, 7) is 12.7. The van der Waals surface area contributed by atoms with E-state index in [0.717, 1.165) is 11.1 Å². The molecule has 15 heavy (non-hydrogen) atoms. The van der Waals surface area contributed by atoms with E-state index in [2.05, 4.69) is 17.5 Å². The lowest BCUT2D eigenvalue weighted by atomic mass is 9.80. The van der Waals surface area contributed by atoms with Crippen molar-refractivity contribution in [3.8, 4) is 6.07 Å². The first kappa shape index (κ1) is 13.5. The number of hydrogen-bond acceptors (Lipinski definition) is 1. The van der Waals surface area contributed by atoms with Crippen LogP contribution in [0.3, 0.4) is 0 Å². The Balaban J connectivity index is 0.00000196. The van der Waals surface area contributed by atoms with Crippen molar-refractivity contribution in [3.63, 3.8) is 0 Å². The third kappa shape index (κ3) is 2.72. The fourth-order valence-corrected chi connectivity index (χ4v) is 1.58. The van der Waals surface area contributed by atoms with Crippen molar-refractivity contribution in [3.05, 3.63) is 47.4 Å². The predicted octanol–water partition coefficient (Wildman–Crippen LogP) is 0.0246. The van der Waals surface area contributed by atoms with E-state index in [0.29, 0.717) is 12.8 Å². The van der Waals surface area contributed by atoms with Gasteiger partial charge in [0, 0.05) is 0 Å². The maximum Gasteiger partial charge on any atom is 0.323 e.